The Kier molecular flexibility index (Phi) is 3.01. The Morgan fingerprint density at radius 1 is 1.11 bits per heavy atom. The third kappa shape index (κ3) is 2.34. The lowest BCUT2D eigenvalue weighted by molar-refractivity contribution is -0.137. The molecule has 1 aromatic carbocycles. The quantitative estimate of drug-likeness (QED) is 0.811. The fourth-order valence-corrected chi connectivity index (χ4v) is 2.79. The third-order valence-electron chi connectivity index (χ3n) is 3.82. The van der Waals surface area contributed by atoms with Crippen molar-refractivity contribution < 1.29 is 13.2 Å². The summed E-state index contributed by atoms with van der Waals surface area (Å²) in [7, 11) is 0. The Hall–Kier alpha value is -1.49. The molecule has 19 heavy (non-hydrogen) atoms. The smallest absolute Gasteiger partial charge is 0.361 e. The van der Waals surface area contributed by atoms with Crippen LogP contribution in [0.5, 0.6) is 0 Å². The number of aromatic nitrogens is 1. The number of H-pyrrole nitrogens is 1. The van der Waals surface area contributed by atoms with Gasteiger partial charge in [0.05, 0.1) is 5.56 Å². The van der Waals surface area contributed by atoms with E-state index in [1.807, 2.05) is 6.20 Å². The zero-order valence-electron chi connectivity index (χ0n) is 10.3. The Labute approximate surface area is 109 Å². The summed E-state index contributed by atoms with van der Waals surface area (Å²) in [5.74, 6) is 0.346. The van der Waals surface area contributed by atoms with Gasteiger partial charge in [0, 0.05) is 17.1 Å². The lowest BCUT2D eigenvalue weighted by Crippen LogP contribution is -2.26. The minimum Gasteiger partial charge on any atom is -0.361 e. The zero-order chi connectivity index (χ0) is 13.5. The highest BCUT2D eigenvalue weighted by Gasteiger charge is 2.31. The van der Waals surface area contributed by atoms with Crippen LogP contribution in [0.2, 0.25) is 0 Å². The van der Waals surface area contributed by atoms with Crippen LogP contribution in [0, 0.1) is 0 Å². The number of piperidine rings is 1. The lowest BCUT2D eigenvalue weighted by Gasteiger charge is -2.22. The molecule has 2 nitrogen and oxygen atoms in total. The number of alkyl halides is 3. The van der Waals surface area contributed by atoms with Gasteiger partial charge in [-0.25, -0.2) is 0 Å². The number of rotatable bonds is 1. The van der Waals surface area contributed by atoms with Crippen molar-refractivity contribution >= 4 is 10.9 Å². The maximum atomic E-state index is 12.8. The molecular weight excluding hydrogens is 253 g/mol. The Bertz CT molecular complexity index is 580. The van der Waals surface area contributed by atoms with Crippen LogP contribution in [0.1, 0.15) is 29.9 Å². The van der Waals surface area contributed by atoms with Crippen LogP contribution in [0.3, 0.4) is 0 Å². The summed E-state index contributed by atoms with van der Waals surface area (Å²) in [6.07, 6.45) is -0.468. The maximum Gasteiger partial charge on any atom is 0.416 e. The van der Waals surface area contributed by atoms with Crippen LogP contribution in [-0.4, -0.2) is 18.1 Å². The van der Waals surface area contributed by atoms with Gasteiger partial charge < -0.3 is 10.3 Å². The molecule has 0 atom stereocenters. The first-order valence-electron chi connectivity index (χ1n) is 6.44. The van der Waals surface area contributed by atoms with E-state index in [2.05, 4.69) is 10.3 Å². The van der Waals surface area contributed by atoms with Crippen molar-refractivity contribution in [3.63, 3.8) is 0 Å². The van der Waals surface area contributed by atoms with Gasteiger partial charge in [-0.2, -0.15) is 13.2 Å². The largest absolute Gasteiger partial charge is 0.416 e. The molecule has 0 unspecified atom stereocenters. The Morgan fingerprint density at radius 2 is 1.84 bits per heavy atom. The summed E-state index contributed by atoms with van der Waals surface area (Å²) in [5, 5.41) is 3.98. The van der Waals surface area contributed by atoms with E-state index in [-0.39, 0.29) is 0 Å². The van der Waals surface area contributed by atoms with E-state index in [9.17, 15) is 13.2 Å². The van der Waals surface area contributed by atoms with Crippen molar-refractivity contribution in [3.8, 4) is 0 Å². The molecular formula is C14H15F3N2. The van der Waals surface area contributed by atoms with E-state index in [1.54, 1.807) is 0 Å². The molecule has 3 rings (SSSR count). The molecule has 0 bridgehead atoms. The minimum absolute atomic E-state index is 0.346. The van der Waals surface area contributed by atoms with Gasteiger partial charge in [-0.15, -0.1) is 0 Å². The number of aromatic amines is 1. The van der Waals surface area contributed by atoms with Crippen molar-refractivity contribution in [3.05, 3.63) is 35.5 Å². The van der Waals surface area contributed by atoms with Crippen molar-refractivity contribution in [1.29, 1.82) is 0 Å². The van der Waals surface area contributed by atoms with Crippen molar-refractivity contribution in [1.82, 2.24) is 10.3 Å². The van der Waals surface area contributed by atoms with Crippen LogP contribution in [0.4, 0.5) is 13.2 Å². The summed E-state index contributed by atoms with van der Waals surface area (Å²) in [5.41, 5.74) is 1.22. The highest BCUT2D eigenvalue weighted by atomic mass is 19.4. The molecule has 2 aromatic rings. The average Bonchev–Trinajstić information content (AvgIpc) is 2.81. The van der Waals surface area contributed by atoms with E-state index in [0.717, 1.165) is 43.1 Å². The monoisotopic (exact) mass is 268 g/mol. The van der Waals surface area contributed by atoms with E-state index in [1.165, 1.54) is 12.1 Å². The van der Waals surface area contributed by atoms with Gasteiger partial charge in [0.1, 0.15) is 0 Å². The van der Waals surface area contributed by atoms with Gasteiger partial charge >= 0.3 is 6.18 Å². The van der Waals surface area contributed by atoms with Gasteiger partial charge in [-0.1, -0.05) is 0 Å². The highest BCUT2D eigenvalue weighted by molar-refractivity contribution is 5.84. The molecule has 0 spiro atoms. The number of hydrogen-bond acceptors (Lipinski definition) is 1. The second-order valence-electron chi connectivity index (χ2n) is 5.03. The van der Waals surface area contributed by atoms with E-state index in [4.69, 9.17) is 0 Å². The second-order valence-corrected chi connectivity index (χ2v) is 5.03. The first kappa shape index (κ1) is 12.5. The summed E-state index contributed by atoms with van der Waals surface area (Å²) in [6, 6.07) is 3.91. The number of fused-ring (bicyclic) bond motifs is 1. The van der Waals surface area contributed by atoms with Crippen LogP contribution in [0.25, 0.3) is 10.9 Å². The molecule has 0 amide bonds. The molecule has 1 saturated heterocycles. The zero-order valence-corrected chi connectivity index (χ0v) is 10.3. The van der Waals surface area contributed by atoms with Crippen LogP contribution >= 0.6 is 0 Å². The third-order valence-corrected chi connectivity index (χ3v) is 3.82. The molecule has 2 N–H and O–H groups in total. The molecule has 0 radical (unpaired) electrons. The second kappa shape index (κ2) is 4.56. The molecule has 102 valence electrons. The molecule has 1 fully saturated rings. The first-order valence-corrected chi connectivity index (χ1v) is 6.44. The van der Waals surface area contributed by atoms with Gasteiger partial charge in [-0.3, -0.25) is 0 Å². The summed E-state index contributed by atoms with van der Waals surface area (Å²) in [6.45, 7) is 1.85. The molecule has 0 aliphatic carbocycles. The fourth-order valence-electron chi connectivity index (χ4n) is 2.79. The predicted molar refractivity (Wildman–Crippen MR) is 68.1 cm³/mol. The SMILES string of the molecule is FC(F)(F)c1ccc2[nH]cc(C3CCNCC3)c2c1. The predicted octanol–water partition coefficient (Wildman–Crippen LogP) is 3.65. The summed E-state index contributed by atoms with van der Waals surface area (Å²) in [4.78, 5) is 3.08. The highest BCUT2D eigenvalue weighted by Crippen LogP contribution is 2.36. The van der Waals surface area contributed by atoms with Gasteiger partial charge in [0.2, 0.25) is 0 Å². The van der Waals surface area contributed by atoms with Gasteiger partial charge in [0.15, 0.2) is 0 Å². The molecule has 2 heterocycles. The standard InChI is InChI=1S/C14H15F3N2/c15-14(16,17)10-1-2-13-11(7-10)12(8-19-13)9-3-5-18-6-4-9/h1-2,7-9,18-19H,3-6H2. The Balaban J connectivity index is 2.05. The van der Waals surface area contributed by atoms with Crippen LogP contribution in [0.15, 0.2) is 24.4 Å². The van der Waals surface area contributed by atoms with E-state index in [0.29, 0.717) is 11.3 Å². The average molecular weight is 268 g/mol. The van der Waals surface area contributed by atoms with Crippen molar-refractivity contribution in [2.45, 2.75) is 24.9 Å². The first-order chi connectivity index (χ1) is 9.05. The van der Waals surface area contributed by atoms with Gasteiger partial charge in [-0.05, 0) is 55.6 Å². The topological polar surface area (TPSA) is 27.8 Å². The maximum absolute atomic E-state index is 12.8. The molecule has 1 aliphatic rings. The molecule has 0 saturated carbocycles. The van der Waals surface area contributed by atoms with Crippen molar-refractivity contribution in [2.24, 2.45) is 0 Å². The number of benzene rings is 1. The van der Waals surface area contributed by atoms with E-state index >= 15 is 0 Å². The summed E-state index contributed by atoms with van der Waals surface area (Å²) >= 11 is 0. The normalized spacial score (nSPS) is 18.1. The Morgan fingerprint density at radius 3 is 2.53 bits per heavy atom. The molecule has 1 aromatic heterocycles. The van der Waals surface area contributed by atoms with Gasteiger partial charge in [0.25, 0.3) is 0 Å². The van der Waals surface area contributed by atoms with Crippen LogP contribution < -0.4 is 5.32 Å². The molecule has 1 aliphatic heterocycles. The molecule has 5 heteroatoms. The summed E-state index contributed by atoms with van der Waals surface area (Å²) < 4.78 is 38.3. The minimum atomic E-state index is -4.28. The van der Waals surface area contributed by atoms with Crippen LogP contribution in [-0.2, 0) is 6.18 Å². The number of halogens is 3. The van der Waals surface area contributed by atoms with E-state index < -0.39 is 11.7 Å². The number of nitrogens with one attached hydrogen (secondary N) is 2. The fraction of sp³-hybridized carbons (Fsp3) is 0.429. The van der Waals surface area contributed by atoms with Crippen molar-refractivity contribution in [2.75, 3.05) is 13.1 Å². The number of hydrogen-bond donors (Lipinski definition) is 2. The lowest BCUT2D eigenvalue weighted by atomic mass is 9.89.